The van der Waals surface area contributed by atoms with Crippen LogP contribution in [-0.4, -0.2) is 27.3 Å². The van der Waals surface area contributed by atoms with E-state index in [0.717, 1.165) is 15.9 Å². The van der Waals surface area contributed by atoms with Gasteiger partial charge < -0.3 is 9.84 Å². The minimum Gasteiger partial charge on any atom is -0.460 e. The molecule has 1 rings (SSSR count). The van der Waals surface area contributed by atoms with Crippen molar-refractivity contribution < 1.29 is 9.84 Å². The van der Waals surface area contributed by atoms with Crippen LogP contribution in [0.3, 0.4) is 0 Å². The zero-order chi connectivity index (χ0) is 10.6. The first-order valence-electron chi connectivity index (χ1n) is 3.97. The zero-order valence-corrected chi connectivity index (χ0v) is 9.47. The maximum Gasteiger partial charge on any atom is 0.316 e. The third-order valence-electron chi connectivity index (χ3n) is 1.25. The molecule has 14 heavy (non-hydrogen) atoms. The van der Waals surface area contributed by atoms with Gasteiger partial charge in [0.1, 0.15) is 6.61 Å². The summed E-state index contributed by atoms with van der Waals surface area (Å²) in [6.07, 6.45) is 3.12. The molecular weight excluding hydrogens is 224 g/mol. The average molecular weight is 235 g/mol. The maximum absolute atomic E-state index is 9.37. The van der Waals surface area contributed by atoms with E-state index in [-0.39, 0.29) is 12.6 Å². The van der Waals surface area contributed by atoms with E-state index in [1.807, 2.05) is 0 Å². The summed E-state index contributed by atoms with van der Waals surface area (Å²) in [4.78, 5) is 8.56. The minimum atomic E-state index is -0.886. The smallest absolute Gasteiger partial charge is 0.316 e. The summed E-state index contributed by atoms with van der Waals surface area (Å²) < 4.78 is 5.15. The molecule has 0 spiro atoms. The number of ether oxygens (including phenoxy) is 1. The molecule has 0 saturated heterocycles. The molecule has 0 amide bonds. The molecule has 1 aromatic rings. The molecule has 6 heteroatoms. The van der Waals surface area contributed by atoms with E-state index in [2.05, 4.69) is 9.97 Å². The van der Waals surface area contributed by atoms with Crippen molar-refractivity contribution in [2.45, 2.75) is 24.3 Å². The van der Waals surface area contributed by atoms with Gasteiger partial charge in [-0.3, -0.25) is 0 Å². The molecule has 0 fully saturated rings. The summed E-state index contributed by atoms with van der Waals surface area (Å²) in [6, 6.07) is 0.238. The average Bonchev–Trinajstić information content (AvgIpc) is 2.14. The Labute approximate surface area is 91.2 Å². The van der Waals surface area contributed by atoms with E-state index in [1.54, 1.807) is 26.2 Å². The van der Waals surface area contributed by atoms with Crippen molar-refractivity contribution in [3.05, 3.63) is 12.4 Å². The van der Waals surface area contributed by atoms with E-state index < -0.39 is 5.60 Å². The van der Waals surface area contributed by atoms with Gasteiger partial charge in [-0.2, -0.15) is 0 Å². The molecule has 78 valence electrons. The fourth-order valence-electron chi connectivity index (χ4n) is 0.660. The molecule has 0 unspecified atom stereocenters. The Morgan fingerprint density at radius 1 is 1.50 bits per heavy atom. The molecule has 1 aromatic heterocycles. The normalized spacial score (nSPS) is 11.4. The molecule has 0 atom stereocenters. The van der Waals surface area contributed by atoms with Crippen LogP contribution in [0.25, 0.3) is 0 Å². The second-order valence-electron chi connectivity index (χ2n) is 3.38. The Morgan fingerprint density at radius 3 is 2.50 bits per heavy atom. The van der Waals surface area contributed by atoms with E-state index >= 15 is 0 Å². The summed E-state index contributed by atoms with van der Waals surface area (Å²) in [6.45, 7) is 3.45. The SMILES string of the molecule is CC(C)(O)COc1ncc(SCl)cn1. The summed E-state index contributed by atoms with van der Waals surface area (Å²) in [5, 5.41) is 9.37. The predicted octanol–water partition coefficient (Wildman–Crippen LogP) is 1.87. The second-order valence-corrected chi connectivity index (χ2v) is 4.47. The molecule has 0 aliphatic carbocycles. The van der Waals surface area contributed by atoms with Gasteiger partial charge >= 0.3 is 6.01 Å². The van der Waals surface area contributed by atoms with Crippen molar-refractivity contribution in [1.29, 1.82) is 0 Å². The molecule has 1 heterocycles. The van der Waals surface area contributed by atoms with Crippen molar-refractivity contribution in [3.8, 4) is 6.01 Å². The van der Waals surface area contributed by atoms with Crippen LogP contribution in [0.4, 0.5) is 0 Å². The topological polar surface area (TPSA) is 55.2 Å². The molecule has 0 bridgehead atoms. The van der Waals surface area contributed by atoms with Crippen LogP contribution < -0.4 is 4.74 Å². The first-order valence-corrected chi connectivity index (χ1v) is 5.61. The van der Waals surface area contributed by atoms with Gasteiger partial charge in [0.2, 0.25) is 0 Å². The number of nitrogens with zero attached hydrogens (tertiary/aromatic N) is 2. The van der Waals surface area contributed by atoms with Gasteiger partial charge in [0.15, 0.2) is 0 Å². The van der Waals surface area contributed by atoms with Gasteiger partial charge in [-0.05, 0) is 35.5 Å². The standard InChI is InChI=1S/C8H11ClN2O2S/c1-8(2,12)5-13-7-10-3-6(14-9)4-11-7/h3-4,12H,5H2,1-2H3. The number of aliphatic hydroxyl groups is 1. The van der Waals surface area contributed by atoms with Crippen LogP contribution in [0.1, 0.15) is 13.8 Å². The maximum atomic E-state index is 9.37. The largest absolute Gasteiger partial charge is 0.460 e. The molecule has 0 radical (unpaired) electrons. The number of halogens is 1. The van der Waals surface area contributed by atoms with Gasteiger partial charge in [-0.15, -0.1) is 0 Å². The molecule has 0 aromatic carbocycles. The molecule has 0 aliphatic rings. The lowest BCUT2D eigenvalue weighted by molar-refractivity contribution is 0.0249. The second kappa shape index (κ2) is 4.82. The van der Waals surface area contributed by atoms with Gasteiger partial charge in [-0.1, -0.05) is 0 Å². The van der Waals surface area contributed by atoms with Crippen molar-refractivity contribution in [2.75, 3.05) is 6.61 Å². The molecule has 1 N–H and O–H groups in total. The number of aromatic nitrogens is 2. The molecule has 0 aliphatic heterocycles. The monoisotopic (exact) mass is 234 g/mol. The van der Waals surface area contributed by atoms with Crippen molar-refractivity contribution in [3.63, 3.8) is 0 Å². The first-order chi connectivity index (χ1) is 6.51. The van der Waals surface area contributed by atoms with Crippen LogP contribution in [0.15, 0.2) is 17.3 Å². The van der Waals surface area contributed by atoms with Gasteiger partial charge in [0.05, 0.1) is 10.5 Å². The van der Waals surface area contributed by atoms with E-state index in [4.69, 9.17) is 15.4 Å². The summed E-state index contributed by atoms with van der Waals surface area (Å²) in [5.41, 5.74) is -0.886. The Morgan fingerprint density at radius 2 is 2.07 bits per heavy atom. The van der Waals surface area contributed by atoms with E-state index in [1.165, 1.54) is 0 Å². The molecule has 0 saturated carbocycles. The first kappa shape index (κ1) is 11.6. The highest BCUT2D eigenvalue weighted by Gasteiger charge is 2.14. The number of hydrogen-bond donors (Lipinski definition) is 1. The minimum absolute atomic E-state index is 0.153. The number of hydrogen-bond acceptors (Lipinski definition) is 5. The fourth-order valence-corrected chi connectivity index (χ4v) is 1.08. The Hall–Kier alpha value is -0.520. The van der Waals surface area contributed by atoms with Crippen LogP contribution >= 0.6 is 21.7 Å². The highest BCUT2D eigenvalue weighted by Crippen LogP contribution is 2.20. The quantitative estimate of drug-likeness (QED) is 0.862. The third kappa shape index (κ3) is 4.13. The van der Waals surface area contributed by atoms with Crippen molar-refractivity contribution in [1.82, 2.24) is 9.97 Å². The predicted molar refractivity (Wildman–Crippen MR) is 55.5 cm³/mol. The molecule has 4 nitrogen and oxygen atoms in total. The lowest BCUT2D eigenvalue weighted by atomic mass is 10.2. The summed E-state index contributed by atoms with van der Waals surface area (Å²) in [7, 11) is 6.53. The van der Waals surface area contributed by atoms with Gasteiger partial charge in [0, 0.05) is 12.4 Å². The third-order valence-corrected chi connectivity index (χ3v) is 2.17. The van der Waals surface area contributed by atoms with E-state index in [9.17, 15) is 5.11 Å². The zero-order valence-electron chi connectivity index (χ0n) is 7.90. The van der Waals surface area contributed by atoms with Crippen LogP contribution in [0.2, 0.25) is 0 Å². The van der Waals surface area contributed by atoms with Crippen LogP contribution in [-0.2, 0) is 0 Å². The van der Waals surface area contributed by atoms with Crippen molar-refractivity contribution >= 4 is 21.7 Å². The van der Waals surface area contributed by atoms with Crippen LogP contribution in [0, 0.1) is 0 Å². The van der Waals surface area contributed by atoms with E-state index in [0.29, 0.717) is 0 Å². The number of rotatable bonds is 4. The fraction of sp³-hybridized carbons (Fsp3) is 0.500. The molecular formula is C8H11ClN2O2S. The highest BCUT2D eigenvalue weighted by molar-refractivity contribution is 8.21. The van der Waals surface area contributed by atoms with Crippen molar-refractivity contribution in [2.24, 2.45) is 0 Å². The van der Waals surface area contributed by atoms with Crippen LogP contribution in [0.5, 0.6) is 6.01 Å². The Balaban J connectivity index is 2.52. The Kier molecular flexibility index (Phi) is 3.97. The summed E-state index contributed by atoms with van der Waals surface area (Å²) in [5.74, 6) is 0. The Bertz CT molecular complexity index is 286. The summed E-state index contributed by atoms with van der Waals surface area (Å²) >= 11 is 0. The highest BCUT2D eigenvalue weighted by atomic mass is 35.7. The van der Waals surface area contributed by atoms with Gasteiger partial charge in [-0.25, -0.2) is 9.97 Å². The lowest BCUT2D eigenvalue weighted by Crippen LogP contribution is -2.28. The lowest BCUT2D eigenvalue weighted by Gasteiger charge is -2.16. The van der Waals surface area contributed by atoms with Gasteiger partial charge in [0.25, 0.3) is 0 Å².